The van der Waals surface area contributed by atoms with Gasteiger partial charge in [-0.25, -0.2) is 14.4 Å². The summed E-state index contributed by atoms with van der Waals surface area (Å²) in [5.41, 5.74) is 0.652. The van der Waals surface area contributed by atoms with Crippen LogP contribution in [-0.2, 0) is 25.7 Å². The fraction of sp³-hybridized carbons (Fsp3) is 0.387. The van der Waals surface area contributed by atoms with E-state index in [2.05, 4.69) is 5.32 Å². The molecule has 2 aromatic rings. The van der Waals surface area contributed by atoms with Crippen molar-refractivity contribution < 1.29 is 49.0 Å². The minimum absolute atomic E-state index is 0.0532. The number of amides is 2. The van der Waals surface area contributed by atoms with Crippen LogP contribution in [0.2, 0.25) is 0 Å². The molecule has 242 valence electrons. The average Bonchev–Trinajstić information content (AvgIpc) is 3.54. The molecule has 2 amide bonds. The monoisotopic (exact) mass is 653 g/mol. The Morgan fingerprint density at radius 1 is 1.15 bits per heavy atom. The van der Waals surface area contributed by atoms with Gasteiger partial charge in [-0.1, -0.05) is 13.0 Å². The van der Waals surface area contributed by atoms with Crippen molar-refractivity contribution in [2.75, 3.05) is 11.9 Å². The van der Waals surface area contributed by atoms with E-state index in [9.17, 15) is 49.4 Å². The summed E-state index contributed by atoms with van der Waals surface area (Å²) in [6, 6.07) is 9.92. The number of ether oxygens (including phenoxy) is 1. The van der Waals surface area contributed by atoms with Crippen molar-refractivity contribution in [3.63, 3.8) is 0 Å². The van der Waals surface area contributed by atoms with Crippen molar-refractivity contribution >= 4 is 52.9 Å². The Morgan fingerprint density at radius 2 is 1.85 bits per heavy atom. The fourth-order valence-corrected chi connectivity index (χ4v) is 8.14. The highest BCUT2D eigenvalue weighted by atomic mass is 32.2. The molecule has 3 aliphatic rings. The van der Waals surface area contributed by atoms with Crippen LogP contribution in [0.15, 0.2) is 59.0 Å². The topological polar surface area (TPSA) is 214 Å². The first-order valence-electron chi connectivity index (χ1n) is 14.4. The molecule has 1 saturated heterocycles. The van der Waals surface area contributed by atoms with Crippen molar-refractivity contribution in [2.24, 2.45) is 23.7 Å². The SMILES string of the molecule is C[C@@H](O)[C@H]1C(=O)C2C(C(=O)OCc3ccc([N+](=O)[O-])cc3)=C(S[C@H]3C[C@@H](C(=O)Nc4cccc(C(=O)O)c4)N(C(=O)O)C3)[C@H](C)[C@@H]21. The predicted octanol–water partition coefficient (Wildman–Crippen LogP) is 3.54. The normalized spacial score (nSPS) is 25.8. The standard InChI is InChI=1S/C31H31N3O11S/c1-14-22-23(15(2)35)26(36)24(22)25(30(40)45-13-16-6-8-19(9-7-16)34(43)44)27(14)46-20-11-21(33(12-20)31(41)42)28(37)32-18-5-3-4-17(10-18)29(38)39/h3-10,14-15,20-24,35H,11-13H2,1-2H3,(H,32,37)(H,38,39)(H,41,42)/t14-,15-,20+,21+,22-,23-,24?/m1/s1. The number of aliphatic hydroxyl groups is 1. The Hall–Kier alpha value is -4.76. The Balaban J connectivity index is 1.36. The molecule has 0 bridgehead atoms. The number of carbonyl (C=O) groups is 5. The zero-order valence-electron chi connectivity index (χ0n) is 24.7. The van der Waals surface area contributed by atoms with E-state index in [0.717, 1.165) is 4.90 Å². The van der Waals surface area contributed by atoms with Crippen molar-refractivity contribution in [2.45, 2.75) is 44.3 Å². The molecule has 0 aromatic heterocycles. The summed E-state index contributed by atoms with van der Waals surface area (Å²) in [5.74, 6) is -5.08. The van der Waals surface area contributed by atoms with E-state index >= 15 is 0 Å². The molecule has 5 rings (SSSR count). The number of nitrogens with zero attached hydrogens (tertiary/aromatic N) is 2. The summed E-state index contributed by atoms with van der Waals surface area (Å²) in [6.07, 6.45) is -2.20. The maximum absolute atomic E-state index is 13.5. The van der Waals surface area contributed by atoms with E-state index in [0.29, 0.717) is 10.5 Å². The summed E-state index contributed by atoms with van der Waals surface area (Å²) in [6.45, 7) is 3.08. The quantitative estimate of drug-likeness (QED) is 0.165. The van der Waals surface area contributed by atoms with Crippen LogP contribution in [0.5, 0.6) is 0 Å². The van der Waals surface area contributed by atoms with Gasteiger partial charge in [-0.15, -0.1) is 11.8 Å². The highest BCUT2D eigenvalue weighted by molar-refractivity contribution is 8.03. The number of carboxylic acids is 1. The molecule has 1 heterocycles. The van der Waals surface area contributed by atoms with Crippen LogP contribution in [0.3, 0.4) is 0 Å². The molecule has 2 aromatic carbocycles. The number of nitro benzene ring substituents is 1. The third-order valence-electron chi connectivity index (χ3n) is 8.74. The number of rotatable bonds is 10. The van der Waals surface area contributed by atoms with E-state index in [-0.39, 0.29) is 59.7 Å². The molecule has 2 fully saturated rings. The highest BCUT2D eigenvalue weighted by Crippen LogP contribution is 2.59. The number of fused-ring (bicyclic) bond motifs is 1. The minimum Gasteiger partial charge on any atom is -0.478 e. The van der Waals surface area contributed by atoms with Crippen LogP contribution in [0.1, 0.15) is 36.2 Å². The maximum atomic E-state index is 13.5. The molecule has 0 spiro atoms. The third kappa shape index (κ3) is 6.20. The lowest BCUT2D eigenvalue weighted by molar-refractivity contribution is -0.384. The van der Waals surface area contributed by atoms with E-state index < -0.39 is 58.1 Å². The lowest BCUT2D eigenvalue weighted by Gasteiger charge is -2.43. The van der Waals surface area contributed by atoms with Gasteiger partial charge in [-0.05, 0) is 66.0 Å². The van der Waals surface area contributed by atoms with Crippen molar-refractivity contribution in [1.29, 1.82) is 0 Å². The van der Waals surface area contributed by atoms with Gasteiger partial charge < -0.3 is 25.4 Å². The molecule has 15 heteroatoms. The van der Waals surface area contributed by atoms with Gasteiger partial charge in [0.25, 0.3) is 5.69 Å². The molecule has 1 saturated carbocycles. The second-order valence-electron chi connectivity index (χ2n) is 11.6. The van der Waals surface area contributed by atoms with Gasteiger partial charge in [0.05, 0.1) is 28.1 Å². The smallest absolute Gasteiger partial charge is 0.408 e. The summed E-state index contributed by atoms with van der Waals surface area (Å²) >= 11 is 1.21. The van der Waals surface area contributed by atoms with Gasteiger partial charge in [0.1, 0.15) is 18.4 Å². The number of aliphatic hydroxyl groups excluding tert-OH is 1. The van der Waals surface area contributed by atoms with E-state index in [1.54, 1.807) is 0 Å². The molecule has 0 radical (unpaired) electrons. The molecule has 1 unspecified atom stereocenters. The Morgan fingerprint density at radius 3 is 2.46 bits per heavy atom. The molecular weight excluding hydrogens is 622 g/mol. The zero-order valence-corrected chi connectivity index (χ0v) is 25.5. The molecule has 1 aliphatic heterocycles. The number of nitrogens with one attached hydrogen (secondary N) is 1. The fourth-order valence-electron chi connectivity index (χ4n) is 6.56. The van der Waals surface area contributed by atoms with Gasteiger partial charge in [0.15, 0.2) is 0 Å². The first-order chi connectivity index (χ1) is 21.8. The lowest BCUT2D eigenvalue weighted by atomic mass is 9.59. The van der Waals surface area contributed by atoms with Gasteiger partial charge in [0, 0.05) is 35.5 Å². The number of anilines is 1. The highest BCUT2D eigenvalue weighted by Gasteiger charge is 2.62. The summed E-state index contributed by atoms with van der Waals surface area (Å²) < 4.78 is 5.56. The number of aromatic carboxylic acids is 1. The number of non-ortho nitro benzene ring substituents is 1. The number of thioether (sulfide) groups is 1. The Labute approximate surface area is 266 Å². The number of hydrogen-bond acceptors (Lipinski definition) is 10. The van der Waals surface area contributed by atoms with Crippen molar-refractivity contribution in [1.82, 2.24) is 4.90 Å². The Bertz CT molecular complexity index is 1640. The summed E-state index contributed by atoms with van der Waals surface area (Å²) in [7, 11) is 0. The summed E-state index contributed by atoms with van der Waals surface area (Å²) in [5, 5.41) is 42.5. The number of carboxylic acid groups (broad SMARTS) is 2. The molecule has 7 atom stereocenters. The number of likely N-dealkylation sites (tertiary alicyclic amines) is 1. The second kappa shape index (κ2) is 12.9. The Kier molecular flexibility index (Phi) is 9.17. The first-order valence-corrected chi connectivity index (χ1v) is 15.3. The molecule has 14 nitrogen and oxygen atoms in total. The third-order valence-corrected chi connectivity index (χ3v) is 10.3. The molecule has 46 heavy (non-hydrogen) atoms. The minimum atomic E-state index is -1.33. The number of benzene rings is 2. The van der Waals surface area contributed by atoms with Gasteiger partial charge in [0.2, 0.25) is 5.91 Å². The van der Waals surface area contributed by atoms with E-state index in [4.69, 9.17) is 4.74 Å². The number of nitro groups is 1. The summed E-state index contributed by atoms with van der Waals surface area (Å²) in [4.78, 5) is 75.3. The van der Waals surface area contributed by atoms with Crippen molar-refractivity contribution in [3.8, 4) is 0 Å². The van der Waals surface area contributed by atoms with Crippen LogP contribution in [0.4, 0.5) is 16.2 Å². The molecule has 2 aliphatic carbocycles. The van der Waals surface area contributed by atoms with E-state index in [1.807, 2.05) is 6.92 Å². The maximum Gasteiger partial charge on any atom is 0.408 e. The van der Waals surface area contributed by atoms with Gasteiger partial charge in [-0.2, -0.15) is 0 Å². The molecule has 4 N–H and O–H groups in total. The number of carbonyl (C=O) groups excluding carboxylic acids is 3. The number of Topliss-reactive ketones (excluding diaryl/α,β-unsaturated/α-hetero) is 1. The van der Waals surface area contributed by atoms with Crippen LogP contribution >= 0.6 is 11.8 Å². The van der Waals surface area contributed by atoms with Crippen LogP contribution in [0, 0.1) is 33.8 Å². The number of esters is 1. The number of ketones is 1. The van der Waals surface area contributed by atoms with Gasteiger partial charge in [-0.3, -0.25) is 24.6 Å². The van der Waals surface area contributed by atoms with Crippen LogP contribution < -0.4 is 5.32 Å². The van der Waals surface area contributed by atoms with E-state index in [1.165, 1.54) is 67.2 Å². The van der Waals surface area contributed by atoms with Gasteiger partial charge >= 0.3 is 18.0 Å². The van der Waals surface area contributed by atoms with Crippen molar-refractivity contribution in [3.05, 3.63) is 80.3 Å². The van der Waals surface area contributed by atoms with Crippen LogP contribution in [-0.4, -0.2) is 78.8 Å². The van der Waals surface area contributed by atoms with Crippen LogP contribution in [0.25, 0.3) is 0 Å². The lowest BCUT2D eigenvalue weighted by Crippen LogP contribution is -2.53. The molecular formula is C31H31N3O11S. The number of hydrogen-bond donors (Lipinski definition) is 4. The first kappa shape index (κ1) is 32.6. The zero-order chi connectivity index (χ0) is 33.4. The average molecular weight is 654 g/mol. The number of allylic oxidation sites excluding steroid dienone is 1. The predicted molar refractivity (Wildman–Crippen MR) is 163 cm³/mol. The second-order valence-corrected chi connectivity index (χ2v) is 12.9. The largest absolute Gasteiger partial charge is 0.478 e.